The van der Waals surface area contributed by atoms with Crippen molar-refractivity contribution < 1.29 is 14.7 Å². The van der Waals surface area contributed by atoms with Crippen molar-refractivity contribution in [1.29, 1.82) is 0 Å². The molecule has 2 aliphatic heterocycles. The summed E-state index contributed by atoms with van der Waals surface area (Å²) in [5.74, 6) is -1.00. The van der Waals surface area contributed by atoms with Crippen LogP contribution < -0.4 is 0 Å². The number of rotatable bonds is 4. The normalized spacial score (nSPS) is 23.4. The number of carboxylic acids is 1. The Bertz CT molecular complexity index is 624. The van der Waals surface area contributed by atoms with Crippen molar-refractivity contribution in [2.45, 2.75) is 32.2 Å². The molecule has 1 N–H and O–H groups in total. The van der Waals surface area contributed by atoms with Gasteiger partial charge in [0.25, 0.3) is 0 Å². The minimum Gasteiger partial charge on any atom is -0.480 e. The smallest absolute Gasteiger partial charge is 0.326 e. The van der Waals surface area contributed by atoms with E-state index in [-0.39, 0.29) is 11.3 Å². The Kier molecular flexibility index (Phi) is 5.23. The molecule has 2 aliphatic rings. The van der Waals surface area contributed by atoms with E-state index in [0.717, 1.165) is 32.5 Å². The zero-order valence-electron chi connectivity index (χ0n) is 14.7. The molecule has 5 heteroatoms. The Labute approximate surface area is 148 Å². The summed E-state index contributed by atoms with van der Waals surface area (Å²) in [6.07, 6.45) is 6.83. The zero-order valence-corrected chi connectivity index (χ0v) is 14.7. The van der Waals surface area contributed by atoms with Crippen molar-refractivity contribution >= 4 is 18.0 Å². The van der Waals surface area contributed by atoms with Gasteiger partial charge in [0.15, 0.2) is 0 Å². The van der Waals surface area contributed by atoms with Gasteiger partial charge in [0.2, 0.25) is 5.91 Å². The van der Waals surface area contributed by atoms with Crippen LogP contribution in [0.1, 0.15) is 31.7 Å². The van der Waals surface area contributed by atoms with Gasteiger partial charge >= 0.3 is 5.97 Å². The lowest BCUT2D eigenvalue weighted by Gasteiger charge is -2.38. The average Bonchev–Trinajstić information content (AvgIpc) is 2.98. The van der Waals surface area contributed by atoms with Gasteiger partial charge in [0.1, 0.15) is 6.04 Å². The number of nitrogens with zero attached hydrogens (tertiary/aromatic N) is 2. The quantitative estimate of drug-likeness (QED) is 0.913. The van der Waals surface area contributed by atoms with Crippen LogP contribution in [0, 0.1) is 5.41 Å². The van der Waals surface area contributed by atoms with Gasteiger partial charge in [-0.05, 0) is 43.3 Å². The van der Waals surface area contributed by atoms with Crippen molar-refractivity contribution in [1.82, 2.24) is 9.80 Å². The molecule has 0 radical (unpaired) electrons. The van der Waals surface area contributed by atoms with E-state index in [1.54, 1.807) is 4.90 Å². The molecule has 1 atom stereocenters. The fraction of sp³-hybridized carbons (Fsp3) is 0.500. The average molecular weight is 342 g/mol. The van der Waals surface area contributed by atoms with Gasteiger partial charge in [-0.2, -0.15) is 0 Å². The monoisotopic (exact) mass is 342 g/mol. The molecule has 1 amide bonds. The first-order valence-corrected chi connectivity index (χ1v) is 8.93. The molecule has 2 fully saturated rings. The maximum atomic E-state index is 11.8. The van der Waals surface area contributed by atoms with E-state index >= 15 is 0 Å². The number of carbonyl (C=O) groups is 2. The minimum absolute atomic E-state index is 0.0195. The second kappa shape index (κ2) is 7.40. The summed E-state index contributed by atoms with van der Waals surface area (Å²) in [6, 6.07) is 9.60. The number of aliphatic carboxylic acids is 1. The zero-order chi connectivity index (χ0) is 17.9. The van der Waals surface area contributed by atoms with Crippen molar-refractivity contribution in [3.63, 3.8) is 0 Å². The van der Waals surface area contributed by atoms with Crippen LogP contribution in [0.5, 0.6) is 0 Å². The highest BCUT2D eigenvalue weighted by atomic mass is 16.4. The maximum Gasteiger partial charge on any atom is 0.326 e. The highest BCUT2D eigenvalue weighted by Crippen LogP contribution is 2.43. The van der Waals surface area contributed by atoms with Crippen LogP contribution in [0.3, 0.4) is 0 Å². The van der Waals surface area contributed by atoms with Crippen LogP contribution in [-0.2, 0) is 9.59 Å². The third-order valence-corrected chi connectivity index (χ3v) is 5.59. The van der Waals surface area contributed by atoms with E-state index in [0.29, 0.717) is 13.0 Å². The van der Waals surface area contributed by atoms with Gasteiger partial charge in [0, 0.05) is 20.0 Å². The van der Waals surface area contributed by atoms with Crippen LogP contribution in [0.25, 0.3) is 6.08 Å². The molecule has 3 rings (SSSR count). The van der Waals surface area contributed by atoms with Gasteiger partial charge < -0.3 is 10.0 Å². The van der Waals surface area contributed by atoms with Gasteiger partial charge in [-0.25, -0.2) is 4.79 Å². The summed E-state index contributed by atoms with van der Waals surface area (Å²) >= 11 is 0. The molecule has 0 aromatic heterocycles. The Balaban J connectivity index is 1.54. The highest BCUT2D eigenvalue weighted by molar-refractivity contribution is 5.83. The Morgan fingerprint density at radius 2 is 1.92 bits per heavy atom. The minimum atomic E-state index is -0.875. The van der Waals surface area contributed by atoms with Crippen LogP contribution >= 0.6 is 0 Å². The van der Waals surface area contributed by atoms with Crippen LogP contribution in [0.15, 0.2) is 36.4 Å². The first kappa shape index (κ1) is 17.7. The number of benzene rings is 1. The lowest BCUT2D eigenvalue weighted by molar-refractivity contribution is -0.147. The predicted octanol–water partition coefficient (Wildman–Crippen LogP) is 2.49. The lowest BCUT2D eigenvalue weighted by atomic mass is 9.76. The molecule has 1 aromatic carbocycles. The lowest BCUT2D eigenvalue weighted by Crippen LogP contribution is -2.42. The molecular weight excluding hydrogens is 316 g/mol. The van der Waals surface area contributed by atoms with Gasteiger partial charge in [-0.15, -0.1) is 0 Å². The number of carboxylic acid groups (broad SMARTS) is 1. The van der Waals surface area contributed by atoms with E-state index in [1.165, 1.54) is 12.5 Å². The maximum absolute atomic E-state index is 11.8. The summed E-state index contributed by atoms with van der Waals surface area (Å²) < 4.78 is 0. The molecular formula is C20H26N2O3. The number of likely N-dealkylation sites (tertiary alicyclic amines) is 2. The van der Waals surface area contributed by atoms with Crippen molar-refractivity contribution in [3.05, 3.63) is 42.0 Å². The molecule has 1 aromatic rings. The predicted molar refractivity (Wildman–Crippen MR) is 97.0 cm³/mol. The molecule has 0 bridgehead atoms. The molecule has 1 spiro atoms. The van der Waals surface area contributed by atoms with E-state index in [4.69, 9.17) is 0 Å². The van der Waals surface area contributed by atoms with Crippen molar-refractivity contribution in [3.8, 4) is 0 Å². The molecule has 2 heterocycles. The molecule has 5 nitrogen and oxygen atoms in total. The number of piperidine rings is 1. The van der Waals surface area contributed by atoms with Crippen molar-refractivity contribution in [2.75, 3.05) is 26.2 Å². The van der Waals surface area contributed by atoms with Gasteiger partial charge in [-0.1, -0.05) is 42.5 Å². The van der Waals surface area contributed by atoms with E-state index in [9.17, 15) is 14.7 Å². The molecule has 2 saturated heterocycles. The molecule has 0 aliphatic carbocycles. The second-order valence-corrected chi connectivity index (χ2v) is 7.32. The Morgan fingerprint density at radius 1 is 1.24 bits per heavy atom. The number of hydrogen-bond acceptors (Lipinski definition) is 3. The third-order valence-electron chi connectivity index (χ3n) is 5.59. The Hall–Kier alpha value is -2.14. The first-order chi connectivity index (χ1) is 12.0. The largest absolute Gasteiger partial charge is 0.480 e. The standard InChI is InChI=1S/C20H26N2O3/c1-16(23)22-15-20(14-18(22)19(24)25)9-12-21(13-10-20)11-5-8-17-6-3-2-4-7-17/h2-8,18H,9-15H2,1H3,(H,24,25)/b8-5+/t18-/m1/s1. The highest BCUT2D eigenvalue weighted by Gasteiger charge is 2.48. The summed E-state index contributed by atoms with van der Waals surface area (Å²) in [7, 11) is 0. The van der Waals surface area contributed by atoms with E-state index in [2.05, 4.69) is 29.2 Å². The summed E-state index contributed by atoms with van der Waals surface area (Å²) in [5.41, 5.74) is 1.18. The first-order valence-electron chi connectivity index (χ1n) is 8.93. The van der Waals surface area contributed by atoms with Gasteiger partial charge in [0.05, 0.1) is 0 Å². The van der Waals surface area contributed by atoms with Crippen LogP contribution in [0.4, 0.5) is 0 Å². The summed E-state index contributed by atoms with van der Waals surface area (Å²) in [4.78, 5) is 27.2. The van der Waals surface area contributed by atoms with Crippen LogP contribution in [-0.4, -0.2) is 59.0 Å². The SMILES string of the molecule is CC(=O)N1CC2(CCN(C/C=C/c3ccccc3)CC2)C[C@@H]1C(=O)O. The summed E-state index contributed by atoms with van der Waals surface area (Å²) in [5, 5.41) is 9.41. The van der Waals surface area contributed by atoms with Gasteiger partial charge in [-0.3, -0.25) is 9.69 Å². The molecule has 134 valence electrons. The number of amides is 1. The van der Waals surface area contributed by atoms with Crippen LogP contribution in [0.2, 0.25) is 0 Å². The molecule has 0 saturated carbocycles. The topological polar surface area (TPSA) is 60.9 Å². The third kappa shape index (κ3) is 4.10. The number of hydrogen-bond donors (Lipinski definition) is 1. The fourth-order valence-corrected chi connectivity index (χ4v) is 4.08. The molecule has 0 unspecified atom stereocenters. The fourth-order valence-electron chi connectivity index (χ4n) is 4.08. The second-order valence-electron chi connectivity index (χ2n) is 7.32. The molecule has 25 heavy (non-hydrogen) atoms. The van der Waals surface area contributed by atoms with E-state index in [1.807, 2.05) is 18.2 Å². The Morgan fingerprint density at radius 3 is 2.48 bits per heavy atom. The van der Waals surface area contributed by atoms with E-state index < -0.39 is 12.0 Å². The van der Waals surface area contributed by atoms with Crippen molar-refractivity contribution in [2.24, 2.45) is 5.41 Å². The summed E-state index contributed by atoms with van der Waals surface area (Å²) in [6.45, 7) is 4.88. The number of carbonyl (C=O) groups excluding carboxylic acids is 1.